The SMILES string of the molecule is CCc1ccc(CC2(C(=O)O)CCC(C)C2)cc1. The first-order chi connectivity index (χ1) is 8.55. The van der Waals surface area contributed by atoms with Gasteiger partial charge in [0.25, 0.3) is 0 Å². The first kappa shape index (κ1) is 13.1. The molecule has 1 aromatic carbocycles. The fraction of sp³-hybridized carbons (Fsp3) is 0.562. The van der Waals surface area contributed by atoms with Crippen LogP contribution in [0.3, 0.4) is 0 Å². The highest BCUT2D eigenvalue weighted by atomic mass is 16.4. The summed E-state index contributed by atoms with van der Waals surface area (Å²) in [4.78, 5) is 11.6. The second kappa shape index (κ2) is 5.13. The molecule has 2 nitrogen and oxygen atoms in total. The van der Waals surface area contributed by atoms with Gasteiger partial charge >= 0.3 is 5.97 Å². The molecule has 0 aromatic heterocycles. The van der Waals surface area contributed by atoms with Crippen LogP contribution in [0.25, 0.3) is 0 Å². The molecule has 98 valence electrons. The summed E-state index contributed by atoms with van der Waals surface area (Å²) in [7, 11) is 0. The third-order valence-corrected chi connectivity index (χ3v) is 4.28. The summed E-state index contributed by atoms with van der Waals surface area (Å²) in [5, 5.41) is 9.54. The van der Waals surface area contributed by atoms with Gasteiger partial charge in [-0.3, -0.25) is 4.79 Å². The third kappa shape index (κ3) is 2.58. The number of carbonyl (C=O) groups is 1. The third-order valence-electron chi connectivity index (χ3n) is 4.28. The maximum absolute atomic E-state index is 11.6. The lowest BCUT2D eigenvalue weighted by molar-refractivity contribution is -0.148. The Hall–Kier alpha value is -1.31. The molecule has 2 unspecified atom stereocenters. The van der Waals surface area contributed by atoms with Crippen LogP contribution in [0.5, 0.6) is 0 Å². The van der Waals surface area contributed by atoms with Gasteiger partial charge in [-0.2, -0.15) is 0 Å². The highest BCUT2D eigenvalue weighted by Crippen LogP contribution is 2.44. The van der Waals surface area contributed by atoms with Crippen LogP contribution in [0, 0.1) is 11.3 Å². The Morgan fingerprint density at radius 2 is 1.94 bits per heavy atom. The molecule has 1 aliphatic rings. The van der Waals surface area contributed by atoms with E-state index in [2.05, 4.69) is 38.1 Å². The number of hydrogen-bond donors (Lipinski definition) is 1. The summed E-state index contributed by atoms with van der Waals surface area (Å²) in [6, 6.07) is 8.41. The van der Waals surface area contributed by atoms with E-state index in [0.717, 1.165) is 31.2 Å². The van der Waals surface area contributed by atoms with Crippen molar-refractivity contribution in [3.8, 4) is 0 Å². The fourth-order valence-electron chi connectivity index (χ4n) is 3.11. The summed E-state index contributed by atoms with van der Waals surface area (Å²) in [5.74, 6) is -0.0811. The molecule has 0 bridgehead atoms. The van der Waals surface area contributed by atoms with E-state index in [0.29, 0.717) is 12.3 Å². The molecule has 1 saturated carbocycles. The number of aliphatic carboxylic acids is 1. The van der Waals surface area contributed by atoms with Crippen LogP contribution >= 0.6 is 0 Å². The summed E-state index contributed by atoms with van der Waals surface area (Å²) in [6.07, 6.45) is 4.38. The highest BCUT2D eigenvalue weighted by Gasteiger charge is 2.43. The van der Waals surface area contributed by atoms with E-state index >= 15 is 0 Å². The minimum absolute atomic E-state index is 0.521. The molecule has 0 heterocycles. The van der Waals surface area contributed by atoms with Crippen molar-refractivity contribution in [3.05, 3.63) is 35.4 Å². The van der Waals surface area contributed by atoms with E-state index in [1.807, 2.05) is 0 Å². The number of carboxylic acids is 1. The Bertz CT molecular complexity index is 421. The lowest BCUT2D eigenvalue weighted by Gasteiger charge is -2.24. The topological polar surface area (TPSA) is 37.3 Å². The number of aryl methyl sites for hydroxylation is 1. The Labute approximate surface area is 109 Å². The van der Waals surface area contributed by atoms with Crippen LogP contribution < -0.4 is 0 Å². The normalized spacial score (nSPS) is 27.3. The van der Waals surface area contributed by atoms with Gasteiger partial charge in [-0.25, -0.2) is 0 Å². The molecule has 0 radical (unpaired) electrons. The van der Waals surface area contributed by atoms with E-state index in [-0.39, 0.29) is 0 Å². The average Bonchev–Trinajstić information content (AvgIpc) is 2.73. The predicted octanol–water partition coefficient (Wildman–Crippen LogP) is 3.68. The Morgan fingerprint density at radius 1 is 1.33 bits per heavy atom. The molecule has 2 heteroatoms. The highest BCUT2D eigenvalue weighted by molar-refractivity contribution is 5.75. The molecule has 2 rings (SSSR count). The van der Waals surface area contributed by atoms with Gasteiger partial charge in [0.05, 0.1) is 5.41 Å². The molecule has 1 fully saturated rings. The van der Waals surface area contributed by atoms with E-state index in [4.69, 9.17) is 0 Å². The van der Waals surface area contributed by atoms with Crippen LogP contribution in [0.15, 0.2) is 24.3 Å². The van der Waals surface area contributed by atoms with Crippen molar-refractivity contribution in [3.63, 3.8) is 0 Å². The molecule has 1 aromatic rings. The zero-order chi connectivity index (χ0) is 13.2. The fourth-order valence-corrected chi connectivity index (χ4v) is 3.11. The van der Waals surface area contributed by atoms with Gasteiger partial charge in [-0.1, -0.05) is 38.1 Å². The minimum atomic E-state index is -0.619. The van der Waals surface area contributed by atoms with Gasteiger partial charge in [-0.15, -0.1) is 0 Å². The van der Waals surface area contributed by atoms with E-state index in [1.54, 1.807) is 0 Å². The largest absolute Gasteiger partial charge is 0.481 e. The van der Waals surface area contributed by atoms with Gasteiger partial charge in [0.15, 0.2) is 0 Å². The molecule has 0 saturated heterocycles. The molecule has 0 amide bonds. The van der Waals surface area contributed by atoms with Crippen molar-refractivity contribution in [1.82, 2.24) is 0 Å². The second-order valence-corrected chi connectivity index (χ2v) is 5.78. The van der Waals surface area contributed by atoms with Gasteiger partial charge in [0.1, 0.15) is 0 Å². The molecule has 1 aliphatic carbocycles. The van der Waals surface area contributed by atoms with Crippen LogP contribution in [-0.2, 0) is 17.6 Å². The molecule has 0 aliphatic heterocycles. The maximum atomic E-state index is 11.6. The summed E-state index contributed by atoms with van der Waals surface area (Å²) in [5.41, 5.74) is 1.94. The summed E-state index contributed by atoms with van der Waals surface area (Å²) >= 11 is 0. The van der Waals surface area contributed by atoms with Gasteiger partial charge in [0.2, 0.25) is 0 Å². The number of carboxylic acid groups (broad SMARTS) is 1. The smallest absolute Gasteiger partial charge is 0.309 e. The molecular weight excluding hydrogens is 224 g/mol. The van der Waals surface area contributed by atoms with Crippen molar-refractivity contribution in [1.29, 1.82) is 0 Å². The molecule has 2 atom stereocenters. The summed E-state index contributed by atoms with van der Waals surface area (Å²) < 4.78 is 0. The van der Waals surface area contributed by atoms with Gasteiger partial charge < -0.3 is 5.11 Å². The predicted molar refractivity (Wildman–Crippen MR) is 72.6 cm³/mol. The van der Waals surface area contributed by atoms with Crippen molar-refractivity contribution in [2.24, 2.45) is 11.3 Å². The van der Waals surface area contributed by atoms with Crippen molar-refractivity contribution in [2.75, 3.05) is 0 Å². The molecule has 1 N–H and O–H groups in total. The standard InChI is InChI=1S/C16H22O2/c1-3-13-4-6-14(7-5-13)11-16(15(17)18)9-8-12(2)10-16/h4-7,12H,3,8-11H2,1-2H3,(H,17,18). The van der Waals surface area contributed by atoms with Crippen LogP contribution in [0.2, 0.25) is 0 Å². The van der Waals surface area contributed by atoms with Crippen LogP contribution in [0.1, 0.15) is 44.2 Å². The Morgan fingerprint density at radius 3 is 2.39 bits per heavy atom. The Kier molecular flexibility index (Phi) is 3.74. The minimum Gasteiger partial charge on any atom is -0.481 e. The first-order valence-electron chi connectivity index (χ1n) is 6.87. The lowest BCUT2D eigenvalue weighted by atomic mass is 9.79. The van der Waals surface area contributed by atoms with Crippen LogP contribution in [-0.4, -0.2) is 11.1 Å². The van der Waals surface area contributed by atoms with Crippen molar-refractivity contribution in [2.45, 2.75) is 46.0 Å². The van der Waals surface area contributed by atoms with Gasteiger partial charge in [0, 0.05) is 0 Å². The van der Waals surface area contributed by atoms with Crippen LogP contribution in [0.4, 0.5) is 0 Å². The molecule has 18 heavy (non-hydrogen) atoms. The molecular formula is C16H22O2. The van der Waals surface area contributed by atoms with E-state index in [9.17, 15) is 9.90 Å². The van der Waals surface area contributed by atoms with Crippen molar-refractivity contribution >= 4 is 5.97 Å². The van der Waals surface area contributed by atoms with Gasteiger partial charge in [-0.05, 0) is 49.1 Å². The number of benzene rings is 1. The maximum Gasteiger partial charge on any atom is 0.309 e. The molecule has 0 spiro atoms. The quantitative estimate of drug-likeness (QED) is 0.879. The second-order valence-electron chi connectivity index (χ2n) is 5.78. The average molecular weight is 246 g/mol. The van der Waals surface area contributed by atoms with Crippen molar-refractivity contribution < 1.29 is 9.90 Å². The Balaban J connectivity index is 2.16. The lowest BCUT2D eigenvalue weighted by Crippen LogP contribution is -2.30. The first-order valence-corrected chi connectivity index (χ1v) is 6.87. The monoisotopic (exact) mass is 246 g/mol. The zero-order valence-corrected chi connectivity index (χ0v) is 11.3. The summed E-state index contributed by atoms with van der Waals surface area (Å²) in [6.45, 7) is 4.29. The zero-order valence-electron chi connectivity index (χ0n) is 11.3. The van der Waals surface area contributed by atoms with E-state index in [1.165, 1.54) is 5.56 Å². The number of rotatable bonds is 4. The van der Waals surface area contributed by atoms with E-state index < -0.39 is 11.4 Å². The number of hydrogen-bond acceptors (Lipinski definition) is 1.